The molecular formula is C16H17BrClN. The van der Waals surface area contributed by atoms with E-state index in [4.69, 9.17) is 11.6 Å². The van der Waals surface area contributed by atoms with Crippen molar-refractivity contribution in [2.75, 3.05) is 11.9 Å². The molecule has 0 unspecified atom stereocenters. The average molecular weight is 339 g/mol. The van der Waals surface area contributed by atoms with E-state index in [1.807, 2.05) is 6.07 Å². The molecule has 3 heteroatoms. The molecule has 0 aromatic heterocycles. The highest BCUT2D eigenvalue weighted by molar-refractivity contribution is 9.08. The van der Waals surface area contributed by atoms with Crippen molar-refractivity contribution >= 4 is 33.2 Å². The number of anilines is 1. The molecule has 0 saturated carbocycles. The van der Waals surface area contributed by atoms with E-state index >= 15 is 0 Å². The molecule has 0 atom stereocenters. The molecule has 0 spiro atoms. The van der Waals surface area contributed by atoms with Crippen molar-refractivity contribution in [2.45, 2.75) is 18.8 Å². The van der Waals surface area contributed by atoms with Crippen LogP contribution in [0.5, 0.6) is 0 Å². The van der Waals surface area contributed by atoms with E-state index in [0.29, 0.717) is 0 Å². The summed E-state index contributed by atoms with van der Waals surface area (Å²) in [6, 6.07) is 14.8. The lowest BCUT2D eigenvalue weighted by Crippen LogP contribution is -2.16. The van der Waals surface area contributed by atoms with E-state index in [2.05, 4.69) is 71.2 Å². The summed E-state index contributed by atoms with van der Waals surface area (Å²) < 4.78 is 0. The van der Waals surface area contributed by atoms with Crippen molar-refractivity contribution < 1.29 is 0 Å². The number of benzene rings is 2. The highest BCUT2D eigenvalue weighted by Crippen LogP contribution is 2.25. The first-order chi connectivity index (χ1) is 9.10. The van der Waals surface area contributed by atoms with Crippen LogP contribution in [0.1, 0.15) is 16.7 Å². The van der Waals surface area contributed by atoms with E-state index in [-0.39, 0.29) is 0 Å². The van der Waals surface area contributed by atoms with E-state index < -0.39 is 0 Å². The van der Waals surface area contributed by atoms with Crippen LogP contribution in [0.2, 0.25) is 5.02 Å². The average Bonchev–Trinajstić information content (AvgIpc) is 2.41. The molecule has 100 valence electrons. The van der Waals surface area contributed by atoms with Gasteiger partial charge in [0, 0.05) is 29.6 Å². The number of hydrogen-bond acceptors (Lipinski definition) is 1. The predicted octanol–water partition coefficient (Wildman–Crippen LogP) is 5.18. The Bertz CT molecular complexity index is 551. The number of rotatable bonds is 4. The van der Waals surface area contributed by atoms with Gasteiger partial charge >= 0.3 is 0 Å². The van der Waals surface area contributed by atoms with Crippen molar-refractivity contribution in [3.05, 3.63) is 64.2 Å². The monoisotopic (exact) mass is 337 g/mol. The Hall–Kier alpha value is -0.990. The number of halogens is 2. The molecule has 0 fully saturated rings. The number of alkyl halides is 1. The van der Waals surface area contributed by atoms with Gasteiger partial charge in [0.25, 0.3) is 0 Å². The molecule has 0 N–H and O–H groups in total. The van der Waals surface area contributed by atoms with Gasteiger partial charge in [-0.3, -0.25) is 0 Å². The first-order valence-corrected chi connectivity index (χ1v) is 7.71. The van der Waals surface area contributed by atoms with Gasteiger partial charge in [-0.25, -0.2) is 0 Å². The molecule has 2 rings (SSSR count). The highest BCUT2D eigenvalue weighted by Gasteiger charge is 2.05. The van der Waals surface area contributed by atoms with Crippen LogP contribution < -0.4 is 4.90 Å². The van der Waals surface area contributed by atoms with Gasteiger partial charge in [-0.1, -0.05) is 63.4 Å². The maximum Gasteiger partial charge on any atom is 0.0467 e. The lowest BCUT2D eigenvalue weighted by atomic mass is 10.1. The molecule has 0 aliphatic heterocycles. The maximum atomic E-state index is 6.24. The third-order valence-corrected chi connectivity index (χ3v) is 4.12. The minimum Gasteiger partial charge on any atom is -0.370 e. The second-order valence-electron chi connectivity index (χ2n) is 4.75. The standard InChI is InChI=1S/C16H17BrClN/c1-12-3-5-13(6-4-12)11-19(2)15-8-7-14(10-17)16(18)9-15/h3-9H,10-11H2,1-2H3. The second kappa shape index (κ2) is 6.44. The first kappa shape index (κ1) is 14.4. The lowest BCUT2D eigenvalue weighted by molar-refractivity contribution is 0.922. The van der Waals surface area contributed by atoms with Gasteiger partial charge in [0.2, 0.25) is 0 Å². The topological polar surface area (TPSA) is 3.24 Å². The fraction of sp³-hybridized carbons (Fsp3) is 0.250. The quantitative estimate of drug-likeness (QED) is 0.694. The maximum absolute atomic E-state index is 6.24. The molecule has 0 aliphatic carbocycles. The summed E-state index contributed by atoms with van der Waals surface area (Å²) >= 11 is 9.67. The van der Waals surface area contributed by atoms with Gasteiger partial charge in [-0.05, 0) is 30.2 Å². The Labute approximate surface area is 128 Å². The summed E-state index contributed by atoms with van der Waals surface area (Å²) in [7, 11) is 2.08. The van der Waals surface area contributed by atoms with Gasteiger partial charge in [-0.2, -0.15) is 0 Å². The fourth-order valence-electron chi connectivity index (χ4n) is 1.94. The molecule has 0 bridgehead atoms. The summed E-state index contributed by atoms with van der Waals surface area (Å²) in [4.78, 5) is 2.20. The number of nitrogens with zero attached hydrogens (tertiary/aromatic N) is 1. The zero-order valence-electron chi connectivity index (χ0n) is 11.2. The molecule has 2 aromatic rings. The molecule has 0 aliphatic rings. The molecule has 1 nitrogen and oxygen atoms in total. The molecule has 0 heterocycles. The predicted molar refractivity (Wildman–Crippen MR) is 87.4 cm³/mol. The Balaban J connectivity index is 2.13. The van der Waals surface area contributed by atoms with Crippen molar-refractivity contribution in [1.29, 1.82) is 0 Å². The molecule has 0 radical (unpaired) electrons. The van der Waals surface area contributed by atoms with E-state index in [1.54, 1.807) is 0 Å². The lowest BCUT2D eigenvalue weighted by Gasteiger charge is -2.20. The minimum atomic E-state index is 0.786. The van der Waals surface area contributed by atoms with E-state index in [1.165, 1.54) is 11.1 Å². The summed E-state index contributed by atoms with van der Waals surface area (Å²) in [5.41, 5.74) is 4.84. The van der Waals surface area contributed by atoms with Gasteiger partial charge < -0.3 is 4.90 Å². The van der Waals surface area contributed by atoms with E-state index in [0.717, 1.165) is 28.1 Å². The van der Waals surface area contributed by atoms with Crippen LogP contribution in [-0.4, -0.2) is 7.05 Å². The summed E-state index contributed by atoms with van der Waals surface area (Å²) in [6.07, 6.45) is 0. The fourth-order valence-corrected chi connectivity index (χ4v) is 2.83. The Morgan fingerprint density at radius 1 is 1.11 bits per heavy atom. The summed E-state index contributed by atoms with van der Waals surface area (Å²) in [6.45, 7) is 2.98. The third kappa shape index (κ3) is 3.74. The van der Waals surface area contributed by atoms with Crippen LogP contribution in [0.25, 0.3) is 0 Å². The Morgan fingerprint density at radius 2 is 1.79 bits per heavy atom. The van der Waals surface area contributed by atoms with Crippen LogP contribution in [0.15, 0.2) is 42.5 Å². The molecule has 19 heavy (non-hydrogen) atoms. The summed E-state index contributed by atoms with van der Waals surface area (Å²) in [5.74, 6) is 0. The minimum absolute atomic E-state index is 0.786. The number of hydrogen-bond donors (Lipinski definition) is 0. The zero-order valence-corrected chi connectivity index (χ0v) is 13.5. The molecular weight excluding hydrogens is 322 g/mol. The Morgan fingerprint density at radius 3 is 2.37 bits per heavy atom. The van der Waals surface area contributed by atoms with Gasteiger partial charge in [0.15, 0.2) is 0 Å². The van der Waals surface area contributed by atoms with Crippen LogP contribution in [0.3, 0.4) is 0 Å². The smallest absolute Gasteiger partial charge is 0.0467 e. The molecule has 0 saturated heterocycles. The van der Waals surface area contributed by atoms with Gasteiger partial charge in [-0.15, -0.1) is 0 Å². The van der Waals surface area contributed by atoms with Crippen molar-refractivity contribution in [1.82, 2.24) is 0 Å². The molecule has 2 aromatic carbocycles. The van der Waals surface area contributed by atoms with Gasteiger partial charge in [0.1, 0.15) is 0 Å². The van der Waals surface area contributed by atoms with Crippen LogP contribution in [0.4, 0.5) is 5.69 Å². The van der Waals surface area contributed by atoms with Crippen molar-refractivity contribution in [3.8, 4) is 0 Å². The third-order valence-electron chi connectivity index (χ3n) is 3.16. The van der Waals surface area contributed by atoms with Crippen molar-refractivity contribution in [3.63, 3.8) is 0 Å². The van der Waals surface area contributed by atoms with Crippen molar-refractivity contribution in [2.24, 2.45) is 0 Å². The largest absolute Gasteiger partial charge is 0.370 e. The van der Waals surface area contributed by atoms with Gasteiger partial charge in [0.05, 0.1) is 0 Å². The van der Waals surface area contributed by atoms with Crippen LogP contribution in [-0.2, 0) is 11.9 Å². The summed E-state index contributed by atoms with van der Waals surface area (Å²) in [5, 5.41) is 1.60. The second-order valence-corrected chi connectivity index (χ2v) is 5.72. The van der Waals surface area contributed by atoms with Crippen LogP contribution in [0, 0.1) is 6.92 Å². The van der Waals surface area contributed by atoms with Crippen LogP contribution >= 0.6 is 27.5 Å². The Kier molecular flexibility index (Phi) is 4.89. The zero-order chi connectivity index (χ0) is 13.8. The number of aryl methyl sites for hydroxylation is 1. The first-order valence-electron chi connectivity index (χ1n) is 6.21. The normalized spacial score (nSPS) is 10.5. The molecule has 0 amide bonds. The van der Waals surface area contributed by atoms with E-state index in [9.17, 15) is 0 Å². The highest BCUT2D eigenvalue weighted by atomic mass is 79.9. The SMILES string of the molecule is Cc1ccc(CN(C)c2ccc(CBr)c(Cl)c2)cc1.